The molecule has 0 amide bonds. The Morgan fingerprint density at radius 2 is 1.95 bits per heavy atom. The minimum absolute atomic E-state index is 0.0386. The summed E-state index contributed by atoms with van der Waals surface area (Å²) >= 11 is 5.82. The molecule has 0 aliphatic heterocycles. The minimum atomic E-state index is -0.617. The molecule has 0 fully saturated rings. The number of halogens is 1. The van der Waals surface area contributed by atoms with Crippen LogP contribution in [0.25, 0.3) is 0 Å². The molecular formula is C13H13ClN4O3. The number of hydrogen-bond acceptors (Lipinski definition) is 5. The number of aliphatic imine (C=N–C) groups is 1. The van der Waals surface area contributed by atoms with Crippen molar-refractivity contribution >= 4 is 29.3 Å². The number of anilines is 1. The van der Waals surface area contributed by atoms with Crippen LogP contribution in [0.15, 0.2) is 32.8 Å². The molecule has 3 N–H and O–H groups in total. The quantitative estimate of drug-likeness (QED) is 0.800. The molecule has 8 heteroatoms. The van der Waals surface area contributed by atoms with Gasteiger partial charge in [0.2, 0.25) is 0 Å². The summed E-state index contributed by atoms with van der Waals surface area (Å²) in [5.74, 6) is -0.0933. The van der Waals surface area contributed by atoms with Crippen LogP contribution in [0, 0.1) is 0 Å². The number of phenolic OH excluding ortho intramolecular Hbond substituents is 1. The molecule has 0 radical (unpaired) electrons. The summed E-state index contributed by atoms with van der Waals surface area (Å²) in [6.45, 7) is 0. The molecular weight excluding hydrogens is 296 g/mol. The van der Waals surface area contributed by atoms with Crippen molar-refractivity contribution in [2.75, 3.05) is 5.73 Å². The molecule has 0 spiro atoms. The fourth-order valence-corrected chi connectivity index (χ4v) is 1.91. The molecule has 1 aromatic carbocycles. The summed E-state index contributed by atoms with van der Waals surface area (Å²) in [6, 6.07) is 4.42. The van der Waals surface area contributed by atoms with E-state index in [1.807, 2.05) is 0 Å². The van der Waals surface area contributed by atoms with E-state index in [4.69, 9.17) is 17.3 Å². The van der Waals surface area contributed by atoms with E-state index in [9.17, 15) is 14.7 Å². The van der Waals surface area contributed by atoms with Crippen LogP contribution in [0.1, 0.15) is 5.56 Å². The Balaban J connectivity index is 2.59. The lowest BCUT2D eigenvalue weighted by molar-refractivity contribution is 0.474. The summed E-state index contributed by atoms with van der Waals surface area (Å²) in [5.41, 5.74) is 4.82. The van der Waals surface area contributed by atoms with Crippen LogP contribution in [0.5, 0.6) is 5.75 Å². The highest BCUT2D eigenvalue weighted by Gasteiger charge is 2.12. The molecule has 7 nitrogen and oxygen atoms in total. The van der Waals surface area contributed by atoms with Crippen molar-refractivity contribution in [1.82, 2.24) is 9.13 Å². The predicted octanol–water partition coefficient (Wildman–Crippen LogP) is 0.776. The third-order valence-corrected chi connectivity index (χ3v) is 3.24. The Hall–Kier alpha value is -2.54. The Labute approximate surface area is 124 Å². The van der Waals surface area contributed by atoms with Crippen LogP contribution in [0.3, 0.4) is 0 Å². The average molecular weight is 309 g/mol. The summed E-state index contributed by atoms with van der Waals surface area (Å²) in [4.78, 5) is 27.7. The Morgan fingerprint density at radius 1 is 1.29 bits per heavy atom. The molecule has 0 aliphatic rings. The topological polar surface area (TPSA) is 103 Å². The van der Waals surface area contributed by atoms with E-state index >= 15 is 0 Å². The number of benzene rings is 1. The molecule has 110 valence electrons. The van der Waals surface area contributed by atoms with Crippen LogP contribution < -0.4 is 17.0 Å². The SMILES string of the molecule is Cn1c(N)c(N=Cc2cc(Cl)ccc2O)c(=O)n(C)c1=O. The van der Waals surface area contributed by atoms with Gasteiger partial charge in [0, 0.05) is 30.9 Å². The lowest BCUT2D eigenvalue weighted by Gasteiger charge is -2.08. The van der Waals surface area contributed by atoms with Gasteiger partial charge in [-0.05, 0) is 18.2 Å². The molecule has 0 atom stereocenters. The third-order valence-electron chi connectivity index (χ3n) is 3.01. The Kier molecular flexibility index (Phi) is 3.86. The second-order valence-electron chi connectivity index (χ2n) is 4.40. The van der Waals surface area contributed by atoms with Gasteiger partial charge in [0.1, 0.15) is 11.6 Å². The molecule has 2 aromatic rings. The van der Waals surface area contributed by atoms with Crippen molar-refractivity contribution in [3.05, 3.63) is 49.6 Å². The number of nitrogens with zero attached hydrogens (tertiary/aromatic N) is 3. The Morgan fingerprint density at radius 3 is 2.62 bits per heavy atom. The maximum Gasteiger partial charge on any atom is 0.332 e. The first-order chi connectivity index (χ1) is 9.82. The lowest BCUT2D eigenvalue weighted by Crippen LogP contribution is -2.37. The number of nitrogen functional groups attached to an aromatic ring is 1. The van der Waals surface area contributed by atoms with E-state index in [1.165, 1.54) is 38.5 Å². The zero-order valence-electron chi connectivity index (χ0n) is 11.4. The molecule has 1 heterocycles. The second-order valence-corrected chi connectivity index (χ2v) is 4.84. The number of rotatable bonds is 2. The van der Waals surface area contributed by atoms with Crippen molar-refractivity contribution in [1.29, 1.82) is 0 Å². The maximum atomic E-state index is 12.0. The molecule has 2 rings (SSSR count). The highest BCUT2D eigenvalue weighted by atomic mass is 35.5. The number of phenols is 1. The van der Waals surface area contributed by atoms with Crippen molar-refractivity contribution in [3.8, 4) is 5.75 Å². The van der Waals surface area contributed by atoms with Crippen LogP contribution in [-0.4, -0.2) is 20.5 Å². The smallest absolute Gasteiger partial charge is 0.332 e. The van der Waals surface area contributed by atoms with Crippen LogP contribution >= 0.6 is 11.6 Å². The molecule has 1 aromatic heterocycles. The zero-order chi connectivity index (χ0) is 15.7. The zero-order valence-corrected chi connectivity index (χ0v) is 12.1. The summed E-state index contributed by atoms with van der Waals surface area (Å²) in [6.07, 6.45) is 1.26. The van der Waals surface area contributed by atoms with E-state index in [1.54, 1.807) is 0 Å². The first-order valence-corrected chi connectivity index (χ1v) is 6.28. The minimum Gasteiger partial charge on any atom is -0.507 e. The molecule has 0 saturated heterocycles. The highest BCUT2D eigenvalue weighted by molar-refractivity contribution is 6.30. The maximum absolute atomic E-state index is 12.0. The summed E-state index contributed by atoms with van der Waals surface area (Å²) in [5, 5.41) is 10.1. The van der Waals surface area contributed by atoms with Crippen LogP contribution in [-0.2, 0) is 14.1 Å². The normalized spacial score (nSPS) is 11.2. The molecule has 21 heavy (non-hydrogen) atoms. The summed E-state index contributed by atoms with van der Waals surface area (Å²) in [7, 11) is 2.77. The van der Waals surface area contributed by atoms with Gasteiger partial charge >= 0.3 is 5.69 Å². The van der Waals surface area contributed by atoms with E-state index in [0.717, 1.165) is 9.13 Å². The van der Waals surface area contributed by atoms with E-state index < -0.39 is 11.2 Å². The van der Waals surface area contributed by atoms with E-state index in [0.29, 0.717) is 10.6 Å². The van der Waals surface area contributed by atoms with Gasteiger partial charge in [-0.25, -0.2) is 9.79 Å². The largest absolute Gasteiger partial charge is 0.507 e. The van der Waals surface area contributed by atoms with Crippen LogP contribution in [0.4, 0.5) is 11.5 Å². The van der Waals surface area contributed by atoms with Crippen molar-refractivity contribution in [3.63, 3.8) is 0 Å². The predicted molar refractivity (Wildman–Crippen MR) is 81.7 cm³/mol. The Bertz CT molecular complexity index is 852. The molecule has 0 aliphatic carbocycles. The monoisotopic (exact) mass is 308 g/mol. The van der Waals surface area contributed by atoms with Crippen molar-refractivity contribution < 1.29 is 5.11 Å². The van der Waals surface area contributed by atoms with Gasteiger partial charge in [-0.2, -0.15) is 0 Å². The average Bonchev–Trinajstić information content (AvgIpc) is 2.46. The summed E-state index contributed by atoms with van der Waals surface area (Å²) < 4.78 is 2.02. The fourth-order valence-electron chi connectivity index (χ4n) is 1.73. The number of aromatic nitrogens is 2. The van der Waals surface area contributed by atoms with Crippen molar-refractivity contribution in [2.24, 2.45) is 19.1 Å². The van der Waals surface area contributed by atoms with Gasteiger partial charge in [-0.1, -0.05) is 11.6 Å². The second kappa shape index (κ2) is 5.45. The third kappa shape index (κ3) is 2.68. The molecule has 0 unspecified atom stereocenters. The number of nitrogens with two attached hydrogens (primary N) is 1. The lowest BCUT2D eigenvalue weighted by atomic mass is 10.2. The number of aromatic hydroxyl groups is 1. The first kappa shape index (κ1) is 14.9. The number of hydrogen-bond donors (Lipinski definition) is 2. The van der Waals surface area contributed by atoms with E-state index in [2.05, 4.69) is 4.99 Å². The van der Waals surface area contributed by atoms with Crippen molar-refractivity contribution in [2.45, 2.75) is 0 Å². The highest BCUT2D eigenvalue weighted by Crippen LogP contribution is 2.21. The van der Waals surface area contributed by atoms with Gasteiger partial charge in [-0.3, -0.25) is 13.9 Å². The first-order valence-electron chi connectivity index (χ1n) is 5.91. The van der Waals surface area contributed by atoms with Gasteiger partial charge in [0.25, 0.3) is 5.56 Å². The molecule has 0 bridgehead atoms. The van der Waals surface area contributed by atoms with Gasteiger partial charge in [0.15, 0.2) is 5.69 Å². The standard InChI is InChI=1S/C13H13ClN4O3/c1-17-11(15)10(12(20)18(2)13(17)21)16-6-7-5-8(14)3-4-9(7)19/h3-6,19H,15H2,1-2H3. The molecule has 0 saturated carbocycles. The van der Waals surface area contributed by atoms with Crippen LogP contribution in [0.2, 0.25) is 5.02 Å². The van der Waals surface area contributed by atoms with Gasteiger partial charge in [0.05, 0.1) is 0 Å². The van der Waals surface area contributed by atoms with E-state index in [-0.39, 0.29) is 17.3 Å². The fraction of sp³-hybridized carbons (Fsp3) is 0.154. The van der Waals surface area contributed by atoms with Gasteiger partial charge < -0.3 is 10.8 Å². The van der Waals surface area contributed by atoms with Gasteiger partial charge in [-0.15, -0.1) is 0 Å².